The van der Waals surface area contributed by atoms with Crippen molar-refractivity contribution in [2.75, 3.05) is 0 Å². The molecular weight excluding hydrogens is 310 g/mol. The van der Waals surface area contributed by atoms with Gasteiger partial charge in [0.05, 0.1) is 0 Å². The van der Waals surface area contributed by atoms with Crippen molar-refractivity contribution in [1.29, 1.82) is 0 Å². The first-order valence-corrected chi connectivity index (χ1v) is 7.75. The highest BCUT2D eigenvalue weighted by Crippen LogP contribution is 2.25. The van der Waals surface area contributed by atoms with Crippen LogP contribution in [0.1, 0.15) is 0 Å². The molecule has 3 aromatic rings. The maximum Gasteiger partial charge on any atom is 0.342 e. The largest absolute Gasteiger partial charge is 0.379 e. The van der Waals surface area contributed by atoms with E-state index in [4.69, 9.17) is 4.18 Å². The van der Waals surface area contributed by atoms with Crippen molar-refractivity contribution < 1.29 is 21.4 Å². The van der Waals surface area contributed by atoms with E-state index in [1.165, 1.54) is 12.1 Å². The van der Waals surface area contributed by atoms with Gasteiger partial charge in [0, 0.05) is 0 Å². The summed E-state index contributed by atoms with van der Waals surface area (Å²) in [6.45, 7) is 0. The molecule has 6 heteroatoms. The van der Waals surface area contributed by atoms with Gasteiger partial charge in [0.25, 0.3) is 0 Å². The van der Waals surface area contributed by atoms with Crippen LogP contribution in [0.4, 0.5) is 8.78 Å². The van der Waals surface area contributed by atoms with E-state index in [2.05, 4.69) is 0 Å². The van der Waals surface area contributed by atoms with Gasteiger partial charge in [-0.2, -0.15) is 8.42 Å². The number of hydrogen-bond acceptors (Lipinski definition) is 3. The molecule has 0 saturated carbocycles. The standard InChI is InChI=1S/C16H10F2O3S/c17-14-6-3-7-15(16(14)18)22(19,20)21-13-9-8-11-4-1-2-5-12(11)10-13/h1-10H. The van der Waals surface area contributed by atoms with Crippen molar-refractivity contribution in [2.24, 2.45) is 0 Å². The van der Waals surface area contributed by atoms with Crippen LogP contribution < -0.4 is 4.18 Å². The van der Waals surface area contributed by atoms with E-state index in [9.17, 15) is 17.2 Å². The Hall–Kier alpha value is -2.47. The van der Waals surface area contributed by atoms with E-state index in [-0.39, 0.29) is 5.75 Å². The zero-order chi connectivity index (χ0) is 15.7. The first-order valence-electron chi connectivity index (χ1n) is 6.35. The monoisotopic (exact) mass is 320 g/mol. The molecule has 0 radical (unpaired) electrons. The average molecular weight is 320 g/mol. The van der Waals surface area contributed by atoms with E-state index < -0.39 is 26.6 Å². The summed E-state index contributed by atoms with van der Waals surface area (Å²) < 4.78 is 55.8. The normalized spacial score (nSPS) is 11.5. The van der Waals surface area contributed by atoms with Crippen molar-refractivity contribution in [2.45, 2.75) is 4.90 Å². The average Bonchev–Trinajstić information content (AvgIpc) is 2.49. The summed E-state index contributed by atoms with van der Waals surface area (Å²) in [4.78, 5) is -0.833. The number of fused-ring (bicyclic) bond motifs is 1. The molecule has 3 nitrogen and oxygen atoms in total. The maximum absolute atomic E-state index is 13.6. The van der Waals surface area contributed by atoms with Crippen LogP contribution >= 0.6 is 0 Å². The minimum absolute atomic E-state index is 0.0300. The molecule has 0 aromatic heterocycles. The lowest BCUT2D eigenvalue weighted by atomic mass is 10.1. The maximum atomic E-state index is 13.6. The zero-order valence-electron chi connectivity index (χ0n) is 11.2. The van der Waals surface area contributed by atoms with Gasteiger partial charge in [0.15, 0.2) is 11.6 Å². The Morgan fingerprint density at radius 2 is 1.55 bits per heavy atom. The molecule has 0 saturated heterocycles. The van der Waals surface area contributed by atoms with Crippen LogP contribution in [-0.2, 0) is 10.1 Å². The lowest BCUT2D eigenvalue weighted by Gasteiger charge is -2.09. The molecular formula is C16H10F2O3S. The second-order valence-corrected chi connectivity index (χ2v) is 6.11. The molecule has 0 atom stereocenters. The summed E-state index contributed by atoms with van der Waals surface area (Å²) in [5, 5.41) is 1.68. The van der Waals surface area contributed by atoms with Gasteiger partial charge in [0.2, 0.25) is 0 Å². The molecule has 0 aliphatic carbocycles. The fourth-order valence-corrected chi connectivity index (χ4v) is 3.08. The minimum atomic E-state index is -4.45. The van der Waals surface area contributed by atoms with Crippen LogP contribution in [0, 0.1) is 11.6 Å². The van der Waals surface area contributed by atoms with E-state index in [0.717, 1.165) is 29.0 Å². The summed E-state index contributed by atoms with van der Waals surface area (Å²) in [5.41, 5.74) is 0. The van der Waals surface area contributed by atoms with Gasteiger partial charge in [-0.3, -0.25) is 0 Å². The fraction of sp³-hybridized carbons (Fsp3) is 0. The Labute approximate surface area is 125 Å². The van der Waals surface area contributed by atoms with Crippen LogP contribution in [0.25, 0.3) is 10.8 Å². The van der Waals surface area contributed by atoms with Gasteiger partial charge in [0.1, 0.15) is 10.6 Å². The molecule has 22 heavy (non-hydrogen) atoms. The molecule has 0 aliphatic rings. The number of halogens is 2. The van der Waals surface area contributed by atoms with Crippen LogP contribution in [-0.4, -0.2) is 8.42 Å². The molecule has 0 spiro atoms. The van der Waals surface area contributed by atoms with Crippen molar-refractivity contribution in [3.05, 3.63) is 72.3 Å². The van der Waals surface area contributed by atoms with E-state index >= 15 is 0 Å². The molecule has 3 rings (SSSR count). The Morgan fingerprint density at radius 3 is 2.32 bits per heavy atom. The summed E-state index contributed by atoms with van der Waals surface area (Å²) in [5.74, 6) is -2.67. The van der Waals surface area contributed by atoms with Gasteiger partial charge in [-0.05, 0) is 35.0 Å². The van der Waals surface area contributed by atoms with Crippen molar-refractivity contribution in [1.82, 2.24) is 0 Å². The molecule has 0 N–H and O–H groups in total. The first kappa shape index (κ1) is 14.5. The number of benzene rings is 3. The van der Waals surface area contributed by atoms with Crippen LogP contribution in [0.15, 0.2) is 65.6 Å². The summed E-state index contributed by atoms with van der Waals surface area (Å²) in [7, 11) is -4.45. The van der Waals surface area contributed by atoms with Crippen LogP contribution in [0.3, 0.4) is 0 Å². The highest BCUT2D eigenvalue weighted by atomic mass is 32.2. The van der Waals surface area contributed by atoms with Gasteiger partial charge >= 0.3 is 10.1 Å². The Kier molecular flexibility index (Phi) is 3.54. The van der Waals surface area contributed by atoms with Gasteiger partial charge < -0.3 is 4.18 Å². The number of rotatable bonds is 3. The second kappa shape index (κ2) is 5.38. The molecule has 0 fully saturated rings. The summed E-state index contributed by atoms with van der Waals surface area (Å²) in [6.07, 6.45) is 0. The first-order chi connectivity index (χ1) is 10.5. The highest BCUT2D eigenvalue weighted by molar-refractivity contribution is 7.87. The lowest BCUT2D eigenvalue weighted by Crippen LogP contribution is -2.12. The van der Waals surface area contributed by atoms with Crippen molar-refractivity contribution >= 4 is 20.9 Å². The molecule has 112 valence electrons. The molecule has 3 aromatic carbocycles. The van der Waals surface area contributed by atoms with Gasteiger partial charge in [-0.25, -0.2) is 8.78 Å². The molecule has 0 unspecified atom stereocenters. The quantitative estimate of drug-likeness (QED) is 0.688. The smallest absolute Gasteiger partial charge is 0.342 e. The van der Waals surface area contributed by atoms with E-state index in [0.29, 0.717) is 0 Å². The Morgan fingerprint density at radius 1 is 0.818 bits per heavy atom. The van der Waals surface area contributed by atoms with Crippen molar-refractivity contribution in [3.8, 4) is 5.75 Å². The molecule has 0 amide bonds. The zero-order valence-corrected chi connectivity index (χ0v) is 12.0. The van der Waals surface area contributed by atoms with E-state index in [1.807, 2.05) is 12.1 Å². The van der Waals surface area contributed by atoms with Gasteiger partial charge in [-0.1, -0.05) is 36.4 Å². The molecule has 0 bridgehead atoms. The van der Waals surface area contributed by atoms with Crippen LogP contribution in [0.2, 0.25) is 0 Å². The number of hydrogen-bond donors (Lipinski definition) is 0. The van der Waals surface area contributed by atoms with Gasteiger partial charge in [-0.15, -0.1) is 0 Å². The molecule has 0 aliphatic heterocycles. The Bertz CT molecular complexity index is 953. The predicted molar refractivity (Wildman–Crippen MR) is 78.1 cm³/mol. The lowest BCUT2D eigenvalue weighted by molar-refractivity contribution is 0.456. The predicted octanol–water partition coefficient (Wildman–Crippen LogP) is 3.89. The Balaban J connectivity index is 2.01. The third-order valence-electron chi connectivity index (χ3n) is 3.11. The second-order valence-electron chi connectivity index (χ2n) is 4.60. The van der Waals surface area contributed by atoms with Crippen molar-refractivity contribution in [3.63, 3.8) is 0 Å². The van der Waals surface area contributed by atoms with E-state index in [1.54, 1.807) is 18.2 Å². The third kappa shape index (κ3) is 2.65. The fourth-order valence-electron chi connectivity index (χ4n) is 2.07. The van der Waals surface area contributed by atoms with Crippen LogP contribution in [0.5, 0.6) is 5.75 Å². The SMILES string of the molecule is O=S(=O)(Oc1ccc2ccccc2c1)c1cccc(F)c1F. The summed E-state index contributed by atoms with van der Waals surface area (Å²) >= 11 is 0. The summed E-state index contributed by atoms with van der Waals surface area (Å²) in [6, 6.07) is 14.9. The third-order valence-corrected chi connectivity index (χ3v) is 4.38. The highest BCUT2D eigenvalue weighted by Gasteiger charge is 2.23. The molecule has 0 heterocycles. The topological polar surface area (TPSA) is 43.4 Å². The minimum Gasteiger partial charge on any atom is -0.379 e.